The molecular formula is C14H21NO4. The number of ether oxygens (including phenoxy) is 3. The molecule has 1 aromatic rings. The highest BCUT2D eigenvalue weighted by Crippen LogP contribution is 2.33. The van der Waals surface area contributed by atoms with Gasteiger partial charge in [0.05, 0.1) is 18.8 Å². The summed E-state index contributed by atoms with van der Waals surface area (Å²) in [7, 11) is 0. The zero-order chi connectivity index (χ0) is 13.8. The summed E-state index contributed by atoms with van der Waals surface area (Å²) in [5.41, 5.74) is 6.86. The summed E-state index contributed by atoms with van der Waals surface area (Å²) >= 11 is 0. The van der Waals surface area contributed by atoms with E-state index in [2.05, 4.69) is 0 Å². The van der Waals surface area contributed by atoms with Gasteiger partial charge in [0, 0.05) is 11.6 Å². The van der Waals surface area contributed by atoms with E-state index in [-0.39, 0.29) is 25.4 Å². The van der Waals surface area contributed by atoms with Crippen molar-refractivity contribution in [2.75, 3.05) is 19.8 Å². The molecule has 0 radical (unpaired) electrons. The van der Waals surface area contributed by atoms with Gasteiger partial charge in [0.1, 0.15) is 30.8 Å². The van der Waals surface area contributed by atoms with Crippen LogP contribution in [0.5, 0.6) is 11.5 Å². The second kappa shape index (κ2) is 6.23. The van der Waals surface area contributed by atoms with E-state index in [9.17, 15) is 5.11 Å². The average molecular weight is 267 g/mol. The van der Waals surface area contributed by atoms with Crippen molar-refractivity contribution >= 4 is 0 Å². The van der Waals surface area contributed by atoms with Crippen LogP contribution in [0.25, 0.3) is 0 Å². The fraction of sp³-hybridized carbons (Fsp3) is 0.571. The molecule has 5 heteroatoms. The number of hydrogen-bond donors (Lipinski definition) is 2. The van der Waals surface area contributed by atoms with Gasteiger partial charge in [0.25, 0.3) is 0 Å². The molecule has 2 atom stereocenters. The highest BCUT2D eigenvalue weighted by atomic mass is 16.5. The van der Waals surface area contributed by atoms with Crippen molar-refractivity contribution in [3.05, 3.63) is 23.8 Å². The lowest BCUT2D eigenvalue weighted by molar-refractivity contribution is -0.0123. The van der Waals surface area contributed by atoms with E-state index in [1.807, 2.05) is 26.0 Å². The van der Waals surface area contributed by atoms with E-state index in [1.165, 1.54) is 0 Å². The quantitative estimate of drug-likeness (QED) is 0.811. The number of fused-ring (bicyclic) bond motifs is 1. The molecule has 2 unspecified atom stereocenters. The smallest absolute Gasteiger partial charge is 0.127 e. The Kier molecular flexibility index (Phi) is 4.63. The minimum absolute atomic E-state index is 0.0610. The summed E-state index contributed by atoms with van der Waals surface area (Å²) < 4.78 is 16.3. The van der Waals surface area contributed by atoms with E-state index in [4.69, 9.17) is 19.9 Å². The molecule has 1 aliphatic heterocycles. The second-order valence-corrected chi connectivity index (χ2v) is 4.96. The molecule has 2 rings (SSSR count). The van der Waals surface area contributed by atoms with Gasteiger partial charge in [-0.3, -0.25) is 0 Å². The average Bonchev–Trinajstić information content (AvgIpc) is 2.75. The molecule has 1 heterocycles. The van der Waals surface area contributed by atoms with Crippen molar-refractivity contribution in [3.8, 4) is 11.5 Å². The van der Waals surface area contributed by atoms with Crippen LogP contribution in [0.1, 0.15) is 25.5 Å². The van der Waals surface area contributed by atoms with E-state index >= 15 is 0 Å². The Balaban J connectivity index is 1.83. The zero-order valence-corrected chi connectivity index (χ0v) is 11.3. The van der Waals surface area contributed by atoms with Crippen LogP contribution in [0.3, 0.4) is 0 Å². The molecule has 0 saturated carbocycles. The number of rotatable bonds is 6. The van der Waals surface area contributed by atoms with E-state index < -0.39 is 6.10 Å². The normalized spacial score (nSPS) is 19.1. The molecule has 1 aliphatic rings. The molecule has 0 saturated heterocycles. The van der Waals surface area contributed by atoms with Crippen molar-refractivity contribution in [2.45, 2.75) is 32.1 Å². The van der Waals surface area contributed by atoms with E-state index in [0.717, 1.165) is 11.3 Å². The third-order valence-electron chi connectivity index (χ3n) is 2.87. The molecule has 0 fully saturated rings. The molecule has 0 amide bonds. The van der Waals surface area contributed by atoms with Gasteiger partial charge >= 0.3 is 0 Å². The van der Waals surface area contributed by atoms with Crippen LogP contribution < -0.4 is 15.2 Å². The first kappa shape index (κ1) is 14.1. The van der Waals surface area contributed by atoms with Crippen LogP contribution in [0.15, 0.2) is 18.2 Å². The van der Waals surface area contributed by atoms with Crippen molar-refractivity contribution < 1.29 is 19.3 Å². The standard InChI is InChI=1S/C14H21NO4/c1-9(2)17-6-10(16)7-18-11-3-4-12-13(15)8-19-14(12)5-11/h3-5,9-10,13,16H,6-8,15H2,1-2H3. The molecule has 0 bridgehead atoms. The number of nitrogens with two attached hydrogens (primary N) is 1. The zero-order valence-electron chi connectivity index (χ0n) is 11.3. The molecule has 3 N–H and O–H groups in total. The summed E-state index contributed by atoms with van der Waals surface area (Å²) in [6.45, 7) is 4.81. The van der Waals surface area contributed by atoms with Gasteiger partial charge in [-0.25, -0.2) is 0 Å². The Hall–Kier alpha value is -1.30. The predicted octanol–water partition coefficient (Wildman–Crippen LogP) is 1.24. The fourth-order valence-electron chi connectivity index (χ4n) is 1.85. The number of aliphatic hydroxyl groups excluding tert-OH is 1. The molecule has 5 nitrogen and oxygen atoms in total. The summed E-state index contributed by atoms with van der Waals surface area (Å²) in [6, 6.07) is 5.48. The van der Waals surface area contributed by atoms with E-state index in [0.29, 0.717) is 12.4 Å². The van der Waals surface area contributed by atoms with Crippen LogP contribution in [0.4, 0.5) is 0 Å². The predicted molar refractivity (Wildman–Crippen MR) is 71.5 cm³/mol. The largest absolute Gasteiger partial charge is 0.491 e. The number of hydrogen-bond acceptors (Lipinski definition) is 5. The van der Waals surface area contributed by atoms with Gasteiger partial charge in [0.15, 0.2) is 0 Å². The lowest BCUT2D eigenvalue weighted by atomic mass is 10.1. The first-order chi connectivity index (χ1) is 9.06. The highest BCUT2D eigenvalue weighted by molar-refractivity contribution is 5.44. The summed E-state index contributed by atoms with van der Waals surface area (Å²) in [5, 5.41) is 9.69. The van der Waals surface area contributed by atoms with Crippen molar-refractivity contribution in [3.63, 3.8) is 0 Å². The van der Waals surface area contributed by atoms with Crippen LogP contribution in [0.2, 0.25) is 0 Å². The third kappa shape index (κ3) is 3.83. The molecule has 106 valence electrons. The first-order valence-corrected chi connectivity index (χ1v) is 6.51. The maximum atomic E-state index is 9.69. The molecular weight excluding hydrogens is 246 g/mol. The Morgan fingerprint density at radius 2 is 2.21 bits per heavy atom. The van der Waals surface area contributed by atoms with Gasteiger partial charge in [-0.2, -0.15) is 0 Å². The van der Waals surface area contributed by atoms with Crippen molar-refractivity contribution in [1.29, 1.82) is 0 Å². The molecule has 0 spiro atoms. The van der Waals surface area contributed by atoms with Gasteiger partial charge in [-0.15, -0.1) is 0 Å². The lowest BCUT2D eigenvalue weighted by Crippen LogP contribution is -2.25. The fourth-order valence-corrected chi connectivity index (χ4v) is 1.85. The lowest BCUT2D eigenvalue weighted by Gasteiger charge is -2.14. The van der Waals surface area contributed by atoms with Gasteiger partial charge in [0.2, 0.25) is 0 Å². The van der Waals surface area contributed by atoms with Gasteiger partial charge in [-0.1, -0.05) is 0 Å². The first-order valence-electron chi connectivity index (χ1n) is 6.51. The number of aliphatic hydroxyl groups is 1. The van der Waals surface area contributed by atoms with Crippen LogP contribution in [-0.2, 0) is 4.74 Å². The van der Waals surface area contributed by atoms with E-state index in [1.54, 1.807) is 6.07 Å². The van der Waals surface area contributed by atoms with Crippen molar-refractivity contribution in [2.24, 2.45) is 5.73 Å². The summed E-state index contributed by atoms with van der Waals surface area (Å²) in [6.07, 6.45) is -0.539. The van der Waals surface area contributed by atoms with Gasteiger partial charge in [-0.05, 0) is 26.0 Å². The van der Waals surface area contributed by atoms with Gasteiger partial charge < -0.3 is 25.1 Å². The maximum absolute atomic E-state index is 9.69. The van der Waals surface area contributed by atoms with Crippen LogP contribution in [-0.4, -0.2) is 37.1 Å². The molecule has 0 aliphatic carbocycles. The number of benzene rings is 1. The molecule has 19 heavy (non-hydrogen) atoms. The Bertz CT molecular complexity index is 422. The summed E-state index contributed by atoms with van der Waals surface area (Å²) in [4.78, 5) is 0. The Morgan fingerprint density at radius 1 is 1.42 bits per heavy atom. The van der Waals surface area contributed by atoms with Crippen molar-refractivity contribution in [1.82, 2.24) is 0 Å². The van der Waals surface area contributed by atoms with Crippen LogP contribution >= 0.6 is 0 Å². The van der Waals surface area contributed by atoms with Crippen LogP contribution in [0, 0.1) is 0 Å². The SMILES string of the molecule is CC(C)OCC(O)COc1ccc2c(c1)OCC2N. The molecule has 1 aromatic carbocycles. The second-order valence-electron chi connectivity index (χ2n) is 4.96. The third-order valence-corrected chi connectivity index (χ3v) is 2.87. The Morgan fingerprint density at radius 3 is 2.95 bits per heavy atom. The maximum Gasteiger partial charge on any atom is 0.127 e. The Labute approximate surface area is 113 Å². The monoisotopic (exact) mass is 267 g/mol. The highest BCUT2D eigenvalue weighted by Gasteiger charge is 2.21. The summed E-state index contributed by atoms with van der Waals surface area (Å²) in [5.74, 6) is 1.43. The molecule has 0 aromatic heterocycles. The topological polar surface area (TPSA) is 73.9 Å². The minimum Gasteiger partial charge on any atom is -0.491 e. The minimum atomic E-state index is -0.640.